The molecular formula is C15H16N4O2S. The summed E-state index contributed by atoms with van der Waals surface area (Å²) in [5.41, 5.74) is 0.969. The molecule has 6 nitrogen and oxygen atoms in total. The Hall–Kier alpha value is -2.28. The predicted molar refractivity (Wildman–Crippen MR) is 83.7 cm³/mol. The first-order valence-corrected chi connectivity index (χ1v) is 7.90. The van der Waals surface area contributed by atoms with Gasteiger partial charge >= 0.3 is 0 Å². The molecule has 0 N–H and O–H groups in total. The maximum absolute atomic E-state index is 5.38. The van der Waals surface area contributed by atoms with E-state index in [2.05, 4.69) is 15.2 Å². The van der Waals surface area contributed by atoms with Crippen molar-refractivity contribution in [1.29, 1.82) is 0 Å². The van der Waals surface area contributed by atoms with Gasteiger partial charge in [0.05, 0.1) is 24.8 Å². The lowest BCUT2D eigenvalue weighted by Crippen LogP contribution is -1.96. The van der Waals surface area contributed by atoms with Gasteiger partial charge in [-0.2, -0.15) is 0 Å². The van der Waals surface area contributed by atoms with Crippen LogP contribution in [0.3, 0.4) is 0 Å². The minimum atomic E-state index is 0.643. The van der Waals surface area contributed by atoms with Gasteiger partial charge < -0.3 is 13.7 Å². The van der Waals surface area contributed by atoms with Crippen LogP contribution >= 0.6 is 11.8 Å². The molecule has 0 bridgehead atoms. The quantitative estimate of drug-likeness (QED) is 0.651. The third-order valence-electron chi connectivity index (χ3n) is 3.03. The molecule has 3 aromatic rings. The highest BCUT2D eigenvalue weighted by molar-refractivity contribution is 7.98. The van der Waals surface area contributed by atoms with Crippen LogP contribution in [0.1, 0.15) is 12.6 Å². The summed E-state index contributed by atoms with van der Waals surface area (Å²) in [6.45, 7) is 2.60. The predicted octanol–water partition coefficient (Wildman–Crippen LogP) is 3.16. The van der Waals surface area contributed by atoms with Crippen molar-refractivity contribution in [2.45, 2.75) is 17.8 Å². The number of pyridine rings is 1. The summed E-state index contributed by atoms with van der Waals surface area (Å²) in [4.78, 5) is 4.38. The number of rotatable bonds is 6. The molecule has 0 spiro atoms. The Morgan fingerprint density at radius 2 is 2.18 bits per heavy atom. The average molecular weight is 316 g/mol. The molecule has 0 fully saturated rings. The van der Waals surface area contributed by atoms with Crippen LogP contribution in [0, 0.1) is 0 Å². The third-order valence-corrected chi connectivity index (χ3v) is 4.09. The zero-order chi connectivity index (χ0) is 15.4. The van der Waals surface area contributed by atoms with E-state index in [0.717, 1.165) is 22.4 Å². The first-order valence-electron chi connectivity index (χ1n) is 6.91. The molecule has 0 saturated carbocycles. The fraction of sp³-hybridized carbons (Fsp3) is 0.267. The van der Waals surface area contributed by atoms with Crippen LogP contribution in [-0.2, 0) is 12.8 Å². The van der Waals surface area contributed by atoms with Crippen LogP contribution in [0.5, 0.6) is 5.75 Å². The molecule has 0 atom stereocenters. The van der Waals surface area contributed by atoms with Crippen molar-refractivity contribution in [2.75, 3.05) is 6.61 Å². The fourth-order valence-corrected chi connectivity index (χ4v) is 2.77. The molecule has 0 radical (unpaired) electrons. The van der Waals surface area contributed by atoms with Crippen molar-refractivity contribution in [3.8, 4) is 17.3 Å². The Kier molecular flexibility index (Phi) is 4.43. The second-order valence-electron chi connectivity index (χ2n) is 4.55. The van der Waals surface area contributed by atoms with Gasteiger partial charge in [0.25, 0.3) is 0 Å². The highest BCUT2D eigenvalue weighted by Crippen LogP contribution is 2.25. The lowest BCUT2D eigenvalue weighted by atomic mass is 10.4. The molecule has 0 aliphatic heterocycles. The monoisotopic (exact) mass is 316 g/mol. The lowest BCUT2D eigenvalue weighted by molar-refractivity contribution is 0.338. The summed E-state index contributed by atoms with van der Waals surface area (Å²) in [6, 6.07) is 7.59. The van der Waals surface area contributed by atoms with E-state index in [1.807, 2.05) is 42.8 Å². The van der Waals surface area contributed by atoms with E-state index in [9.17, 15) is 0 Å². The molecule has 0 aliphatic carbocycles. The van der Waals surface area contributed by atoms with E-state index in [1.54, 1.807) is 24.2 Å². The van der Waals surface area contributed by atoms with Crippen LogP contribution in [0.2, 0.25) is 0 Å². The molecule has 3 aromatic heterocycles. The number of furan rings is 1. The van der Waals surface area contributed by atoms with Crippen LogP contribution < -0.4 is 4.74 Å². The van der Waals surface area contributed by atoms with Gasteiger partial charge in [-0.15, -0.1) is 10.2 Å². The van der Waals surface area contributed by atoms with Gasteiger partial charge in [-0.05, 0) is 31.2 Å². The maximum atomic E-state index is 5.38. The standard InChI is InChI=1S/C15H16N4O2S/c1-3-20-12-7-6-11(16-9-12)10-22-15-18-17-14(19(15)2)13-5-4-8-21-13/h4-9H,3,10H2,1-2H3. The normalized spacial score (nSPS) is 10.8. The Balaban J connectivity index is 1.67. The van der Waals surface area contributed by atoms with E-state index in [-0.39, 0.29) is 0 Å². The lowest BCUT2D eigenvalue weighted by Gasteiger charge is -2.04. The van der Waals surface area contributed by atoms with Crippen molar-refractivity contribution < 1.29 is 9.15 Å². The summed E-state index contributed by atoms with van der Waals surface area (Å²) in [7, 11) is 1.92. The van der Waals surface area contributed by atoms with Gasteiger partial charge in [0.2, 0.25) is 0 Å². The molecular weight excluding hydrogens is 300 g/mol. The van der Waals surface area contributed by atoms with E-state index in [0.29, 0.717) is 18.2 Å². The summed E-state index contributed by atoms with van der Waals surface area (Å²) < 4.78 is 12.6. The molecule has 0 unspecified atom stereocenters. The Morgan fingerprint density at radius 1 is 1.27 bits per heavy atom. The molecule has 0 amide bonds. The van der Waals surface area contributed by atoms with Crippen LogP contribution in [0.15, 0.2) is 46.3 Å². The summed E-state index contributed by atoms with van der Waals surface area (Å²) in [5.74, 6) is 2.93. The minimum Gasteiger partial charge on any atom is -0.492 e. The topological polar surface area (TPSA) is 66.0 Å². The Morgan fingerprint density at radius 3 is 2.86 bits per heavy atom. The van der Waals surface area contributed by atoms with Gasteiger partial charge in [0.15, 0.2) is 16.7 Å². The van der Waals surface area contributed by atoms with E-state index in [4.69, 9.17) is 9.15 Å². The number of ether oxygens (including phenoxy) is 1. The Labute approximate surface area is 132 Å². The third kappa shape index (κ3) is 3.14. The molecule has 114 valence electrons. The number of thioether (sulfide) groups is 1. The van der Waals surface area contributed by atoms with Crippen LogP contribution in [-0.4, -0.2) is 26.4 Å². The molecule has 0 aromatic carbocycles. The van der Waals surface area contributed by atoms with Crippen molar-refractivity contribution in [2.24, 2.45) is 7.05 Å². The van der Waals surface area contributed by atoms with Crippen LogP contribution in [0.25, 0.3) is 11.6 Å². The second-order valence-corrected chi connectivity index (χ2v) is 5.49. The van der Waals surface area contributed by atoms with E-state index >= 15 is 0 Å². The zero-order valence-corrected chi connectivity index (χ0v) is 13.2. The van der Waals surface area contributed by atoms with E-state index in [1.165, 1.54) is 0 Å². The molecule has 0 aliphatic rings. The smallest absolute Gasteiger partial charge is 0.200 e. The number of hydrogen-bond donors (Lipinski definition) is 0. The van der Waals surface area contributed by atoms with E-state index < -0.39 is 0 Å². The maximum Gasteiger partial charge on any atom is 0.200 e. The Bertz CT molecular complexity index is 723. The molecule has 3 heterocycles. The first-order chi connectivity index (χ1) is 10.8. The molecule has 0 saturated heterocycles. The molecule has 3 rings (SSSR count). The van der Waals surface area contributed by atoms with Crippen molar-refractivity contribution in [1.82, 2.24) is 19.7 Å². The number of hydrogen-bond acceptors (Lipinski definition) is 6. The van der Waals surface area contributed by atoms with Crippen molar-refractivity contribution >= 4 is 11.8 Å². The highest BCUT2D eigenvalue weighted by atomic mass is 32.2. The van der Waals surface area contributed by atoms with Gasteiger partial charge in [-0.1, -0.05) is 11.8 Å². The first kappa shape index (κ1) is 14.6. The minimum absolute atomic E-state index is 0.643. The fourth-order valence-electron chi connectivity index (χ4n) is 1.95. The number of aromatic nitrogens is 4. The molecule has 7 heteroatoms. The van der Waals surface area contributed by atoms with Crippen LogP contribution in [0.4, 0.5) is 0 Å². The summed E-state index contributed by atoms with van der Waals surface area (Å²) in [5, 5.41) is 9.19. The second kappa shape index (κ2) is 6.65. The summed E-state index contributed by atoms with van der Waals surface area (Å²) >= 11 is 1.58. The highest BCUT2D eigenvalue weighted by Gasteiger charge is 2.13. The van der Waals surface area contributed by atoms with Crippen molar-refractivity contribution in [3.05, 3.63) is 42.4 Å². The van der Waals surface area contributed by atoms with Gasteiger partial charge in [0.1, 0.15) is 5.75 Å². The largest absolute Gasteiger partial charge is 0.492 e. The van der Waals surface area contributed by atoms with Crippen molar-refractivity contribution in [3.63, 3.8) is 0 Å². The van der Waals surface area contributed by atoms with Gasteiger partial charge in [-0.3, -0.25) is 4.98 Å². The average Bonchev–Trinajstić information content (AvgIpc) is 3.17. The number of nitrogens with zero attached hydrogens (tertiary/aromatic N) is 4. The molecule has 22 heavy (non-hydrogen) atoms. The van der Waals surface area contributed by atoms with Gasteiger partial charge in [-0.25, -0.2) is 0 Å². The SMILES string of the molecule is CCOc1ccc(CSc2nnc(-c3ccco3)n2C)nc1. The zero-order valence-electron chi connectivity index (χ0n) is 12.4. The summed E-state index contributed by atoms with van der Waals surface area (Å²) in [6.07, 6.45) is 3.37. The van der Waals surface area contributed by atoms with Gasteiger partial charge in [0, 0.05) is 12.8 Å².